The largest absolute Gasteiger partial charge is 0.396 e. The van der Waals surface area contributed by atoms with E-state index < -0.39 is 0 Å². The normalized spacial score (nSPS) is 22.2. The number of rotatable bonds is 8. The number of nitrogens with zero attached hydrogens (tertiary/aromatic N) is 3. The maximum Gasteiger partial charge on any atom is 0.191 e. The van der Waals surface area contributed by atoms with Gasteiger partial charge in [0.25, 0.3) is 0 Å². The molecule has 1 atom stereocenters. The number of hydrogen-bond donors (Lipinski definition) is 3. The number of aliphatic hydroxyl groups excluding tert-OH is 1. The summed E-state index contributed by atoms with van der Waals surface area (Å²) >= 11 is 0. The highest BCUT2D eigenvalue weighted by Gasteiger charge is 2.34. The third-order valence-electron chi connectivity index (χ3n) is 5.46. The van der Waals surface area contributed by atoms with E-state index in [0.29, 0.717) is 13.2 Å². The summed E-state index contributed by atoms with van der Waals surface area (Å²) in [6.45, 7) is 8.10. The molecule has 2 aliphatic heterocycles. The second kappa shape index (κ2) is 11.8. The van der Waals surface area contributed by atoms with Gasteiger partial charge in [-0.15, -0.1) is 24.0 Å². The van der Waals surface area contributed by atoms with Gasteiger partial charge in [-0.2, -0.15) is 0 Å². The zero-order valence-corrected chi connectivity index (χ0v) is 19.2. The molecule has 2 fully saturated rings. The molecule has 7 nitrogen and oxygen atoms in total. The fraction of sp³-hybridized carbons (Fsp3) is 0.700. The number of aliphatic hydroxyl groups is 1. The van der Waals surface area contributed by atoms with Gasteiger partial charge >= 0.3 is 0 Å². The average molecular weight is 503 g/mol. The third-order valence-corrected chi connectivity index (χ3v) is 5.46. The van der Waals surface area contributed by atoms with Crippen molar-refractivity contribution in [1.82, 2.24) is 15.6 Å². The van der Waals surface area contributed by atoms with Crippen molar-refractivity contribution < 1.29 is 9.84 Å². The molecule has 0 radical (unpaired) electrons. The van der Waals surface area contributed by atoms with Gasteiger partial charge in [0.1, 0.15) is 5.82 Å². The van der Waals surface area contributed by atoms with Crippen LogP contribution in [0.3, 0.4) is 0 Å². The van der Waals surface area contributed by atoms with Crippen LogP contribution < -0.4 is 15.5 Å². The number of guanidine groups is 1. The van der Waals surface area contributed by atoms with Crippen LogP contribution in [0, 0.1) is 5.41 Å². The van der Waals surface area contributed by atoms with Gasteiger partial charge in [-0.1, -0.05) is 0 Å². The number of aromatic nitrogens is 1. The summed E-state index contributed by atoms with van der Waals surface area (Å²) < 4.78 is 5.57. The average Bonchev–Trinajstić information content (AvgIpc) is 3.37. The zero-order chi connectivity index (χ0) is 19.0. The van der Waals surface area contributed by atoms with Crippen molar-refractivity contribution in [2.24, 2.45) is 10.4 Å². The van der Waals surface area contributed by atoms with E-state index >= 15 is 0 Å². The van der Waals surface area contributed by atoms with Crippen molar-refractivity contribution in [3.63, 3.8) is 0 Å². The quantitative estimate of drug-likeness (QED) is 0.287. The Hall–Kier alpha value is -1.13. The summed E-state index contributed by atoms with van der Waals surface area (Å²) in [6.07, 6.45) is 6.10. The lowest BCUT2D eigenvalue weighted by Gasteiger charge is -2.27. The number of aliphatic imine (C=N–C) groups is 1. The van der Waals surface area contributed by atoms with Gasteiger partial charge in [-0.3, -0.25) is 0 Å². The molecule has 0 spiro atoms. The van der Waals surface area contributed by atoms with Crippen LogP contribution in [0.25, 0.3) is 0 Å². The standard InChI is InChI=1S/C20H33N5O2.HI/c1-2-21-19(24-15-20(6-11-26)7-12-27-16-20)23-14-17-5-8-22-18(13-17)25-9-3-4-10-25;/h5,8,13,26H,2-4,6-7,9-12,14-16H2,1H3,(H2,21,23,24);1H. The molecule has 3 heterocycles. The van der Waals surface area contributed by atoms with Crippen LogP contribution in [0.4, 0.5) is 5.82 Å². The molecular formula is C20H34IN5O2. The summed E-state index contributed by atoms with van der Waals surface area (Å²) in [6, 6.07) is 4.18. The number of hydrogen-bond acceptors (Lipinski definition) is 5. The Morgan fingerprint density at radius 2 is 2.18 bits per heavy atom. The summed E-state index contributed by atoms with van der Waals surface area (Å²) in [5.74, 6) is 1.87. The first-order valence-corrected chi connectivity index (χ1v) is 10.2. The molecule has 0 aliphatic carbocycles. The van der Waals surface area contributed by atoms with Crippen LogP contribution in [0.2, 0.25) is 0 Å². The molecule has 3 rings (SSSR count). The molecule has 3 N–H and O–H groups in total. The first-order valence-electron chi connectivity index (χ1n) is 10.2. The Morgan fingerprint density at radius 1 is 1.36 bits per heavy atom. The van der Waals surface area contributed by atoms with Gasteiger partial charge < -0.3 is 25.4 Å². The first kappa shape index (κ1) is 23.2. The van der Waals surface area contributed by atoms with E-state index in [1.165, 1.54) is 18.4 Å². The molecule has 1 unspecified atom stereocenters. The lowest BCUT2D eigenvalue weighted by Crippen LogP contribution is -2.44. The van der Waals surface area contributed by atoms with Crippen molar-refractivity contribution in [2.75, 3.05) is 50.9 Å². The van der Waals surface area contributed by atoms with Crippen LogP contribution in [0.1, 0.15) is 38.2 Å². The highest BCUT2D eigenvalue weighted by atomic mass is 127. The topological polar surface area (TPSA) is 82.0 Å². The van der Waals surface area contributed by atoms with E-state index in [0.717, 1.165) is 57.4 Å². The van der Waals surface area contributed by atoms with Crippen molar-refractivity contribution >= 4 is 35.8 Å². The maximum atomic E-state index is 9.39. The molecule has 2 saturated heterocycles. The Balaban J connectivity index is 0.00000280. The predicted molar refractivity (Wildman–Crippen MR) is 123 cm³/mol. The maximum absolute atomic E-state index is 9.39. The smallest absolute Gasteiger partial charge is 0.191 e. The summed E-state index contributed by atoms with van der Waals surface area (Å²) in [5.41, 5.74) is 1.17. The minimum absolute atomic E-state index is 0. The number of ether oxygens (including phenoxy) is 1. The van der Waals surface area contributed by atoms with E-state index in [1.54, 1.807) is 0 Å². The second-order valence-electron chi connectivity index (χ2n) is 7.54. The van der Waals surface area contributed by atoms with E-state index in [1.807, 2.05) is 12.3 Å². The first-order chi connectivity index (χ1) is 13.2. The van der Waals surface area contributed by atoms with Gasteiger partial charge in [-0.05, 0) is 50.3 Å². The lowest BCUT2D eigenvalue weighted by molar-refractivity contribution is 0.127. The highest BCUT2D eigenvalue weighted by Crippen LogP contribution is 2.31. The van der Waals surface area contributed by atoms with E-state index in [9.17, 15) is 5.11 Å². The predicted octanol–water partition coefficient (Wildman–Crippen LogP) is 2.14. The number of nitrogens with one attached hydrogen (secondary N) is 2. The minimum Gasteiger partial charge on any atom is -0.396 e. The fourth-order valence-electron chi connectivity index (χ4n) is 3.77. The van der Waals surface area contributed by atoms with E-state index in [-0.39, 0.29) is 36.0 Å². The van der Waals surface area contributed by atoms with Crippen LogP contribution in [-0.4, -0.2) is 62.0 Å². The summed E-state index contributed by atoms with van der Waals surface area (Å²) in [7, 11) is 0. The lowest BCUT2D eigenvalue weighted by atomic mass is 9.84. The molecule has 2 aliphatic rings. The van der Waals surface area contributed by atoms with Crippen LogP contribution in [0.5, 0.6) is 0 Å². The number of halogens is 1. The van der Waals surface area contributed by atoms with Crippen LogP contribution >= 0.6 is 24.0 Å². The molecule has 0 amide bonds. The molecule has 28 heavy (non-hydrogen) atoms. The van der Waals surface area contributed by atoms with E-state index in [2.05, 4.69) is 33.5 Å². The molecule has 1 aromatic rings. The second-order valence-corrected chi connectivity index (χ2v) is 7.54. The van der Waals surface area contributed by atoms with Crippen LogP contribution in [0.15, 0.2) is 23.3 Å². The van der Waals surface area contributed by atoms with Gasteiger partial charge in [0, 0.05) is 51.0 Å². The fourth-order valence-corrected chi connectivity index (χ4v) is 3.77. The zero-order valence-electron chi connectivity index (χ0n) is 16.8. The van der Waals surface area contributed by atoms with Crippen molar-refractivity contribution in [3.8, 4) is 0 Å². The minimum atomic E-state index is 0. The Morgan fingerprint density at radius 3 is 2.86 bits per heavy atom. The molecule has 158 valence electrons. The monoisotopic (exact) mass is 503 g/mol. The number of anilines is 1. The molecule has 0 saturated carbocycles. The molecule has 0 aromatic carbocycles. The van der Waals surface area contributed by atoms with Crippen LogP contribution in [-0.2, 0) is 11.3 Å². The summed E-state index contributed by atoms with van der Waals surface area (Å²) in [5, 5.41) is 16.2. The SMILES string of the molecule is CCNC(=NCc1ccnc(N2CCCC2)c1)NCC1(CCO)CCOC1.I. The Labute approximate surface area is 185 Å². The Bertz CT molecular complexity index is 616. The molecule has 8 heteroatoms. The Kier molecular flexibility index (Phi) is 9.73. The van der Waals surface area contributed by atoms with Gasteiger partial charge in [0.05, 0.1) is 13.2 Å². The number of pyridine rings is 1. The molecule has 1 aromatic heterocycles. The molecule has 0 bridgehead atoms. The van der Waals surface area contributed by atoms with Crippen molar-refractivity contribution in [1.29, 1.82) is 0 Å². The van der Waals surface area contributed by atoms with Gasteiger partial charge in [0.2, 0.25) is 0 Å². The van der Waals surface area contributed by atoms with Gasteiger partial charge in [0.15, 0.2) is 5.96 Å². The highest BCUT2D eigenvalue weighted by molar-refractivity contribution is 14.0. The summed E-state index contributed by atoms with van der Waals surface area (Å²) in [4.78, 5) is 11.6. The third kappa shape index (κ3) is 6.45. The van der Waals surface area contributed by atoms with Crippen molar-refractivity contribution in [3.05, 3.63) is 23.9 Å². The van der Waals surface area contributed by atoms with Gasteiger partial charge in [-0.25, -0.2) is 9.98 Å². The van der Waals surface area contributed by atoms with Crippen molar-refractivity contribution in [2.45, 2.75) is 39.2 Å². The van der Waals surface area contributed by atoms with E-state index in [4.69, 9.17) is 9.73 Å². The molecular weight excluding hydrogens is 469 g/mol.